The van der Waals surface area contributed by atoms with E-state index in [1.165, 1.54) is 0 Å². The summed E-state index contributed by atoms with van der Waals surface area (Å²) in [6, 6.07) is 0. The second-order valence-electron chi connectivity index (χ2n) is 2.95. The molecular weight excluding hydrogens is 192 g/mol. The normalized spacial score (nSPS) is 20.5. The molecule has 1 atom stereocenters. The van der Waals surface area contributed by atoms with Crippen LogP contribution in [0.25, 0.3) is 0 Å². The van der Waals surface area contributed by atoms with E-state index < -0.39 is 12.1 Å². The number of β-amino-alcohol motifs (C(OH)–C–C–N with tert-alkyl or cyclic N) is 1. The number of carbonyl (C=O) groups is 1. The highest BCUT2D eigenvalue weighted by Gasteiger charge is 2.32. The summed E-state index contributed by atoms with van der Waals surface area (Å²) in [4.78, 5) is 13.1. The molecule has 5 nitrogen and oxygen atoms in total. The number of hydrogen-bond acceptors (Lipinski definition) is 5. The molecule has 0 bridgehead atoms. The smallest absolute Gasteiger partial charge is 0.357 e. The summed E-state index contributed by atoms with van der Waals surface area (Å²) in [6.45, 7) is 0.448. The molecule has 0 aliphatic carbocycles. The zero-order chi connectivity index (χ0) is 9.59. The number of nitrogens with zero attached hydrogens (tertiary/aromatic N) is 2. The highest BCUT2D eigenvalue weighted by atomic mass is 32.1. The van der Waals surface area contributed by atoms with Crippen LogP contribution < -0.4 is 4.90 Å². The molecule has 0 aromatic carbocycles. The molecule has 0 amide bonds. The van der Waals surface area contributed by atoms with Crippen molar-refractivity contribution in [2.75, 3.05) is 18.5 Å². The number of aliphatic hydroxyl groups is 1. The fourth-order valence-electron chi connectivity index (χ4n) is 1.46. The molecule has 6 heteroatoms. The van der Waals surface area contributed by atoms with E-state index in [1.54, 1.807) is 11.9 Å². The lowest BCUT2D eigenvalue weighted by atomic mass is 10.3. The van der Waals surface area contributed by atoms with Gasteiger partial charge in [-0.3, -0.25) is 0 Å². The van der Waals surface area contributed by atoms with Crippen LogP contribution in [0.1, 0.15) is 21.5 Å². The van der Waals surface area contributed by atoms with E-state index in [2.05, 4.69) is 4.37 Å². The predicted octanol–water partition coefficient (Wildman–Crippen LogP) is 0.324. The molecule has 2 N–H and O–H groups in total. The lowest BCUT2D eigenvalue weighted by molar-refractivity contribution is 0.0692. The minimum atomic E-state index is -1.04. The Morgan fingerprint density at radius 1 is 1.77 bits per heavy atom. The Morgan fingerprint density at radius 2 is 2.46 bits per heavy atom. The summed E-state index contributed by atoms with van der Waals surface area (Å²) < 4.78 is 3.78. The van der Waals surface area contributed by atoms with Gasteiger partial charge in [-0.05, 0) is 11.5 Å². The minimum absolute atomic E-state index is 0.0408. The molecule has 13 heavy (non-hydrogen) atoms. The second kappa shape index (κ2) is 2.68. The third kappa shape index (κ3) is 1.10. The van der Waals surface area contributed by atoms with Crippen LogP contribution in [-0.4, -0.2) is 34.1 Å². The largest absolute Gasteiger partial charge is 0.476 e. The van der Waals surface area contributed by atoms with Gasteiger partial charge in [0.25, 0.3) is 0 Å². The monoisotopic (exact) mass is 200 g/mol. The quantitative estimate of drug-likeness (QED) is 0.683. The zero-order valence-corrected chi connectivity index (χ0v) is 7.71. The van der Waals surface area contributed by atoms with Crippen LogP contribution >= 0.6 is 11.5 Å². The fraction of sp³-hybridized carbons (Fsp3) is 0.429. The van der Waals surface area contributed by atoms with Crippen LogP contribution in [0.2, 0.25) is 0 Å². The molecule has 1 unspecified atom stereocenters. The van der Waals surface area contributed by atoms with Crippen LogP contribution in [0.15, 0.2) is 0 Å². The van der Waals surface area contributed by atoms with E-state index in [0.29, 0.717) is 17.1 Å². The zero-order valence-electron chi connectivity index (χ0n) is 6.89. The van der Waals surface area contributed by atoms with Gasteiger partial charge < -0.3 is 15.1 Å². The topological polar surface area (TPSA) is 73.7 Å². The van der Waals surface area contributed by atoms with E-state index in [9.17, 15) is 9.90 Å². The van der Waals surface area contributed by atoms with E-state index in [1.807, 2.05) is 0 Å². The Morgan fingerprint density at radius 3 is 3.08 bits per heavy atom. The van der Waals surface area contributed by atoms with Gasteiger partial charge in [0.2, 0.25) is 0 Å². The first-order valence-electron chi connectivity index (χ1n) is 3.73. The maximum atomic E-state index is 10.7. The Labute approximate surface area is 78.4 Å². The van der Waals surface area contributed by atoms with Gasteiger partial charge >= 0.3 is 5.97 Å². The second-order valence-corrected chi connectivity index (χ2v) is 3.75. The molecule has 2 heterocycles. The number of hydrogen-bond donors (Lipinski definition) is 2. The van der Waals surface area contributed by atoms with Gasteiger partial charge in [-0.1, -0.05) is 0 Å². The molecule has 0 radical (unpaired) electrons. The molecule has 1 aliphatic heterocycles. The van der Waals surface area contributed by atoms with Crippen molar-refractivity contribution in [1.29, 1.82) is 0 Å². The van der Waals surface area contributed by atoms with E-state index in [0.717, 1.165) is 11.5 Å². The number of rotatable bonds is 1. The average molecular weight is 200 g/mol. The number of aromatic nitrogens is 1. The highest BCUT2D eigenvalue weighted by Crippen LogP contribution is 2.39. The Bertz CT molecular complexity index is 363. The van der Waals surface area contributed by atoms with Crippen molar-refractivity contribution >= 4 is 23.2 Å². The van der Waals surface area contributed by atoms with E-state index in [4.69, 9.17) is 5.11 Å². The number of fused-ring (bicyclic) bond motifs is 1. The van der Waals surface area contributed by atoms with Gasteiger partial charge in [-0.25, -0.2) is 4.79 Å². The van der Waals surface area contributed by atoms with Crippen molar-refractivity contribution in [1.82, 2.24) is 4.37 Å². The summed E-state index contributed by atoms with van der Waals surface area (Å²) >= 11 is 1.06. The number of aromatic carboxylic acids is 1. The summed E-state index contributed by atoms with van der Waals surface area (Å²) in [6.07, 6.45) is -0.592. The Hall–Kier alpha value is -1.14. The summed E-state index contributed by atoms with van der Waals surface area (Å²) in [5.74, 6) is -1.04. The third-order valence-electron chi connectivity index (χ3n) is 2.03. The predicted molar refractivity (Wildman–Crippen MR) is 47.3 cm³/mol. The summed E-state index contributed by atoms with van der Waals surface area (Å²) in [7, 11) is 1.75. The molecule has 1 aliphatic rings. The number of anilines is 1. The minimum Gasteiger partial charge on any atom is -0.476 e. The SMILES string of the molecule is CN1CC(O)c2snc(C(=O)O)c21. The van der Waals surface area contributed by atoms with Crippen molar-refractivity contribution in [2.45, 2.75) is 6.10 Å². The summed E-state index contributed by atoms with van der Waals surface area (Å²) in [5, 5.41) is 18.3. The lowest BCUT2D eigenvalue weighted by Gasteiger charge is -2.10. The van der Waals surface area contributed by atoms with Gasteiger partial charge in [0.1, 0.15) is 6.10 Å². The molecule has 2 rings (SSSR count). The van der Waals surface area contributed by atoms with Crippen molar-refractivity contribution in [3.63, 3.8) is 0 Å². The van der Waals surface area contributed by atoms with Gasteiger partial charge in [0.05, 0.1) is 10.6 Å². The van der Waals surface area contributed by atoms with Crippen LogP contribution in [0.3, 0.4) is 0 Å². The molecule has 1 aromatic heterocycles. The van der Waals surface area contributed by atoms with Crippen LogP contribution in [0.5, 0.6) is 0 Å². The van der Waals surface area contributed by atoms with Crippen molar-refractivity contribution < 1.29 is 15.0 Å². The van der Waals surface area contributed by atoms with Crippen LogP contribution in [0.4, 0.5) is 5.69 Å². The third-order valence-corrected chi connectivity index (χ3v) is 2.96. The van der Waals surface area contributed by atoms with Gasteiger partial charge in [0, 0.05) is 13.6 Å². The standard InChI is InChI=1S/C7H8N2O3S/c1-9-2-3(10)6-5(9)4(7(11)12)8-13-6/h3,10H,2H2,1H3,(H,11,12). The number of carboxylic acids is 1. The number of carboxylic acid groups (broad SMARTS) is 1. The Kier molecular flexibility index (Phi) is 1.74. The first kappa shape index (κ1) is 8.46. The van der Waals surface area contributed by atoms with E-state index >= 15 is 0 Å². The number of aliphatic hydroxyl groups excluding tert-OH is 1. The fourth-order valence-corrected chi connectivity index (χ4v) is 2.35. The maximum absolute atomic E-state index is 10.7. The molecule has 0 saturated heterocycles. The van der Waals surface area contributed by atoms with Crippen molar-refractivity contribution in [3.8, 4) is 0 Å². The number of likely N-dealkylation sites (N-methyl/N-ethyl adjacent to an activating group) is 1. The van der Waals surface area contributed by atoms with E-state index in [-0.39, 0.29) is 5.69 Å². The average Bonchev–Trinajstić information content (AvgIpc) is 2.55. The van der Waals surface area contributed by atoms with Gasteiger partial charge in [0.15, 0.2) is 5.69 Å². The van der Waals surface area contributed by atoms with Crippen LogP contribution in [-0.2, 0) is 0 Å². The molecular formula is C7H8N2O3S. The lowest BCUT2D eigenvalue weighted by Crippen LogP contribution is -2.17. The Balaban J connectivity index is 2.54. The first-order chi connectivity index (χ1) is 6.11. The first-order valence-corrected chi connectivity index (χ1v) is 4.50. The highest BCUT2D eigenvalue weighted by molar-refractivity contribution is 7.06. The van der Waals surface area contributed by atoms with Crippen molar-refractivity contribution in [2.24, 2.45) is 0 Å². The molecule has 0 fully saturated rings. The van der Waals surface area contributed by atoms with Crippen LogP contribution in [0, 0.1) is 0 Å². The molecule has 1 aromatic rings. The van der Waals surface area contributed by atoms with Gasteiger partial charge in [-0.2, -0.15) is 4.37 Å². The molecule has 0 spiro atoms. The molecule has 70 valence electrons. The summed E-state index contributed by atoms with van der Waals surface area (Å²) in [5.41, 5.74) is 0.601. The maximum Gasteiger partial charge on any atom is 0.357 e. The van der Waals surface area contributed by atoms with Gasteiger partial charge in [-0.15, -0.1) is 0 Å². The van der Waals surface area contributed by atoms with Crippen molar-refractivity contribution in [3.05, 3.63) is 10.6 Å². The molecule has 0 saturated carbocycles.